The van der Waals surface area contributed by atoms with Crippen LogP contribution in [0.1, 0.15) is 16.7 Å². The van der Waals surface area contributed by atoms with Gasteiger partial charge in [-0.15, -0.1) is 0 Å². The van der Waals surface area contributed by atoms with Gasteiger partial charge in [-0.1, -0.05) is 24.3 Å². The van der Waals surface area contributed by atoms with E-state index in [1.54, 1.807) is 24.1 Å². The number of fused-ring (bicyclic) bond motifs is 1. The Morgan fingerprint density at radius 1 is 1.00 bits per heavy atom. The van der Waals surface area contributed by atoms with Crippen LogP contribution in [0, 0.1) is 13.8 Å². The molecule has 0 N–H and O–H groups in total. The Labute approximate surface area is 189 Å². The minimum absolute atomic E-state index is 0.144. The molecule has 3 aromatic rings. The summed E-state index contributed by atoms with van der Waals surface area (Å²) in [6.07, 6.45) is 0.701. The number of hydrogen-bond donors (Lipinski definition) is 0. The first kappa shape index (κ1) is 21.9. The van der Waals surface area contributed by atoms with Crippen molar-refractivity contribution in [3.05, 3.63) is 83.4 Å². The van der Waals surface area contributed by atoms with Gasteiger partial charge in [0, 0.05) is 19.3 Å². The molecule has 3 aromatic carbocycles. The lowest BCUT2D eigenvalue weighted by Crippen LogP contribution is -2.31. The van der Waals surface area contributed by atoms with E-state index in [1.807, 2.05) is 56.3 Å². The normalized spacial score (nSPS) is 13.0. The number of hydrogen-bond acceptors (Lipinski definition) is 4. The fraction of sp³-hybridized carbons (Fsp3) is 0.240. The highest BCUT2D eigenvalue weighted by Gasteiger charge is 2.30. The van der Waals surface area contributed by atoms with Gasteiger partial charge in [0.05, 0.1) is 10.6 Å². The topological polar surface area (TPSA) is 66.9 Å². The van der Waals surface area contributed by atoms with Crippen molar-refractivity contribution in [3.63, 3.8) is 0 Å². The van der Waals surface area contributed by atoms with E-state index in [0.717, 1.165) is 22.5 Å². The number of para-hydroxylation sites is 1. The van der Waals surface area contributed by atoms with Crippen molar-refractivity contribution in [2.24, 2.45) is 0 Å². The summed E-state index contributed by atoms with van der Waals surface area (Å²) in [5.41, 5.74) is 4.84. The first-order valence-electron chi connectivity index (χ1n) is 10.4. The Hall–Kier alpha value is -3.32. The van der Waals surface area contributed by atoms with Gasteiger partial charge in [-0.2, -0.15) is 0 Å². The molecule has 0 spiro atoms. The molecule has 1 amide bonds. The molecule has 4 rings (SSSR count). The molecule has 166 valence electrons. The molecule has 0 fully saturated rings. The minimum atomic E-state index is -3.65. The first-order valence-corrected chi connectivity index (χ1v) is 11.9. The second kappa shape index (κ2) is 8.67. The Kier molecular flexibility index (Phi) is 5.93. The molecule has 6 nitrogen and oxygen atoms in total. The van der Waals surface area contributed by atoms with E-state index in [1.165, 1.54) is 22.0 Å². The lowest BCUT2D eigenvalue weighted by Gasteiger charge is -2.20. The minimum Gasteiger partial charge on any atom is -0.484 e. The zero-order valence-electron chi connectivity index (χ0n) is 18.4. The summed E-state index contributed by atoms with van der Waals surface area (Å²) in [7, 11) is -1.95. The van der Waals surface area contributed by atoms with E-state index < -0.39 is 10.0 Å². The summed E-state index contributed by atoms with van der Waals surface area (Å²) < 4.78 is 33.3. The van der Waals surface area contributed by atoms with Gasteiger partial charge in [0.15, 0.2) is 6.61 Å². The lowest BCUT2D eigenvalue weighted by atomic mass is 10.1. The second-order valence-corrected chi connectivity index (χ2v) is 9.80. The zero-order valence-corrected chi connectivity index (χ0v) is 19.2. The van der Waals surface area contributed by atoms with E-state index in [2.05, 4.69) is 0 Å². The molecule has 32 heavy (non-hydrogen) atoms. The van der Waals surface area contributed by atoms with Crippen LogP contribution in [0.2, 0.25) is 0 Å². The highest BCUT2D eigenvalue weighted by molar-refractivity contribution is 7.92. The van der Waals surface area contributed by atoms with Crippen molar-refractivity contribution < 1.29 is 17.9 Å². The maximum Gasteiger partial charge on any atom is 0.264 e. The fourth-order valence-corrected chi connectivity index (χ4v) is 5.22. The average Bonchev–Trinajstić information content (AvgIpc) is 3.24. The molecule has 1 aliphatic rings. The molecule has 1 aliphatic heterocycles. The Morgan fingerprint density at radius 3 is 2.44 bits per heavy atom. The number of carbonyl (C=O) groups excluding carboxylic acids is 1. The molecule has 0 unspecified atom stereocenters. The third kappa shape index (κ3) is 4.21. The predicted molar refractivity (Wildman–Crippen MR) is 126 cm³/mol. The number of carbonyl (C=O) groups is 1. The lowest BCUT2D eigenvalue weighted by molar-refractivity contribution is -0.120. The number of rotatable bonds is 6. The van der Waals surface area contributed by atoms with E-state index >= 15 is 0 Å². The number of anilines is 2. The van der Waals surface area contributed by atoms with Crippen molar-refractivity contribution >= 4 is 27.3 Å². The zero-order chi connectivity index (χ0) is 22.9. The number of nitrogens with zero attached hydrogens (tertiary/aromatic N) is 2. The van der Waals surface area contributed by atoms with Crippen molar-refractivity contribution in [2.45, 2.75) is 25.2 Å². The van der Waals surface area contributed by atoms with Crippen molar-refractivity contribution in [2.75, 3.05) is 29.4 Å². The highest BCUT2D eigenvalue weighted by atomic mass is 32.2. The monoisotopic (exact) mass is 450 g/mol. The van der Waals surface area contributed by atoms with Gasteiger partial charge in [0.2, 0.25) is 0 Å². The summed E-state index contributed by atoms with van der Waals surface area (Å²) in [5.74, 6) is 0.242. The van der Waals surface area contributed by atoms with E-state index in [-0.39, 0.29) is 17.4 Å². The van der Waals surface area contributed by atoms with Gasteiger partial charge >= 0.3 is 0 Å². The van der Waals surface area contributed by atoms with Gasteiger partial charge in [0.1, 0.15) is 5.75 Å². The number of sulfonamides is 1. The van der Waals surface area contributed by atoms with Gasteiger partial charge in [-0.3, -0.25) is 9.10 Å². The van der Waals surface area contributed by atoms with Crippen LogP contribution in [0.15, 0.2) is 71.6 Å². The first-order chi connectivity index (χ1) is 15.3. The summed E-state index contributed by atoms with van der Waals surface area (Å²) in [5, 5.41) is 0. The van der Waals surface area contributed by atoms with Crippen molar-refractivity contribution in [3.8, 4) is 5.75 Å². The molecular formula is C25H26N2O4S. The molecule has 0 saturated heterocycles. The molecule has 0 aliphatic carbocycles. The van der Waals surface area contributed by atoms with Gasteiger partial charge in [-0.05, 0) is 79.4 Å². The van der Waals surface area contributed by atoms with Crippen LogP contribution >= 0.6 is 0 Å². The van der Waals surface area contributed by atoms with E-state index in [4.69, 9.17) is 4.74 Å². The Balaban J connectivity index is 1.42. The summed E-state index contributed by atoms with van der Waals surface area (Å²) >= 11 is 0. The van der Waals surface area contributed by atoms with Crippen LogP contribution in [0.3, 0.4) is 0 Å². The summed E-state index contributed by atoms with van der Waals surface area (Å²) in [4.78, 5) is 14.3. The number of aryl methyl sites for hydroxylation is 2. The number of benzene rings is 3. The molecule has 0 bridgehead atoms. The molecular weight excluding hydrogens is 424 g/mol. The molecule has 7 heteroatoms. The largest absolute Gasteiger partial charge is 0.484 e. The van der Waals surface area contributed by atoms with Crippen LogP contribution < -0.4 is 13.9 Å². The molecule has 0 saturated carbocycles. The number of ether oxygens (including phenoxy) is 1. The van der Waals surface area contributed by atoms with Crippen molar-refractivity contribution in [1.82, 2.24) is 0 Å². The predicted octanol–water partition coefficient (Wildman–Crippen LogP) is 4.10. The SMILES string of the molecule is Cc1ccc(N(C)C(=O)COc2ccc(S(=O)(=O)N3CCc4ccccc43)cc2)cc1C. The number of amides is 1. The van der Waals surface area contributed by atoms with Crippen LogP contribution in [0.4, 0.5) is 11.4 Å². The quantitative estimate of drug-likeness (QED) is 0.567. The molecule has 0 aromatic heterocycles. The molecule has 0 radical (unpaired) electrons. The Bertz CT molecular complexity index is 1250. The van der Waals surface area contributed by atoms with Gasteiger partial charge in [-0.25, -0.2) is 8.42 Å². The van der Waals surface area contributed by atoms with E-state index in [9.17, 15) is 13.2 Å². The maximum absolute atomic E-state index is 13.1. The third-order valence-corrected chi connectivity index (χ3v) is 7.70. The Morgan fingerprint density at radius 2 is 1.72 bits per heavy atom. The summed E-state index contributed by atoms with van der Waals surface area (Å²) in [6.45, 7) is 4.31. The van der Waals surface area contributed by atoms with E-state index in [0.29, 0.717) is 18.7 Å². The van der Waals surface area contributed by atoms with Gasteiger partial charge in [0.25, 0.3) is 15.9 Å². The van der Waals surface area contributed by atoms with Crippen molar-refractivity contribution in [1.29, 1.82) is 0 Å². The fourth-order valence-electron chi connectivity index (χ4n) is 3.71. The molecule has 0 atom stereocenters. The van der Waals surface area contributed by atoms with Crippen LogP contribution in [0.5, 0.6) is 5.75 Å². The smallest absolute Gasteiger partial charge is 0.264 e. The van der Waals surface area contributed by atoms with Crippen LogP contribution in [0.25, 0.3) is 0 Å². The van der Waals surface area contributed by atoms with Gasteiger partial charge < -0.3 is 9.64 Å². The summed E-state index contributed by atoms with van der Waals surface area (Å²) in [6, 6.07) is 19.6. The van der Waals surface area contributed by atoms with Crippen LogP contribution in [-0.4, -0.2) is 34.5 Å². The second-order valence-electron chi connectivity index (χ2n) is 7.94. The average molecular weight is 451 g/mol. The third-order valence-electron chi connectivity index (χ3n) is 5.87. The number of likely N-dealkylation sites (N-methyl/N-ethyl adjacent to an activating group) is 1. The molecule has 1 heterocycles. The maximum atomic E-state index is 13.1. The highest BCUT2D eigenvalue weighted by Crippen LogP contribution is 2.33. The standard InChI is InChI=1S/C25H26N2O4S/c1-18-8-9-21(16-19(18)2)26(3)25(28)17-31-22-10-12-23(13-11-22)32(29,30)27-15-14-20-6-4-5-7-24(20)27/h4-13,16H,14-15,17H2,1-3H3. The van der Waals surface area contributed by atoms with Crippen LogP contribution in [-0.2, 0) is 21.2 Å².